The van der Waals surface area contributed by atoms with Crippen LogP contribution in [0, 0.1) is 5.92 Å². The maximum Gasteiger partial charge on any atom is 0.257 e. The Bertz CT molecular complexity index is 947. The monoisotopic (exact) mass is 500 g/mol. The number of pyridine rings is 1. The molecule has 190 valence electrons. The number of carbonyl (C=O) groups excluding carboxylic acids is 2. The van der Waals surface area contributed by atoms with E-state index in [4.69, 9.17) is 9.47 Å². The van der Waals surface area contributed by atoms with Crippen LogP contribution in [-0.4, -0.2) is 78.6 Å². The Morgan fingerprint density at radius 2 is 1.97 bits per heavy atom. The van der Waals surface area contributed by atoms with Crippen molar-refractivity contribution in [3.8, 4) is 5.88 Å². The largest absolute Gasteiger partial charge is 0.475 e. The summed E-state index contributed by atoms with van der Waals surface area (Å²) in [6.45, 7) is 7.56. The fraction of sp³-hybridized carbons (Fsp3) is 0.577. The van der Waals surface area contributed by atoms with Crippen molar-refractivity contribution < 1.29 is 19.1 Å². The number of thiophene rings is 1. The summed E-state index contributed by atoms with van der Waals surface area (Å²) in [4.78, 5) is 36.4. The Balaban J connectivity index is 1.49. The molecular formula is C26H36N4O4S. The van der Waals surface area contributed by atoms with E-state index >= 15 is 0 Å². The highest BCUT2D eigenvalue weighted by Crippen LogP contribution is 2.22. The third kappa shape index (κ3) is 7.25. The molecule has 8 nitrogen and oxygen atoms in total. The topological polar surface area (TPSA) is 84.0 Å². The second kappa shape index (κ2) is 13.0. The van der Waals surface area contributed by atoms with Crippen molar-refractivity contribution in [2.45, 2.75) is 45.2 Å². The number of fused-ring (bicyclic) bond motifs is 12. The van der Waals surface area contributed by atoms with E-state index in [1.54, 1.807) is 29.7 Å². The van der Waals surface area contributed by atoms with E-state index in [-0.39, 0.29) is 17.7 Å². The van der Waals surface area contributed by atoms with Crippen molar-refractivity contribution in [3.63, 3.8) is 0 Å². The van der Waals surface area contributed by atoms with Crippen LogP contribution in [0.4, 0.5) is 0 Å². The van der Waals surface area contributed by atoms with Gasteiger partial charge in [0.1, 0.15) is 18.2 Å². The lowest BCUT2D eigenvalue weighted by Gasteiger charge is -2.36. The van der Waals surface area contributed by atoms with Crippen LogP contribution in [0.15, 0.2) is 35.8 Å². The van der Waals surface area contributed by atoms with E-state index < -0.39 is 6.04 Å². The van der Waals surface area contributed by atoms with Crippen LogP contribution in [0.5, 0.6) is 5.88 Å². The first-order valence-corrected chi connectivity index (χ1v) is 13.5. The first kappa shape index (κ1) is 25.6. The Labute approximate surface area is 211 Å². The quantitative estimate of drug-likeness (QED) is 0.649. The Kier molecular flexibility index (Phi) is 9.50. The smallest absolute Gasteiger partial charge is 0.257 e. The molecular weight excluding hydrogens is 464 g/mol. The maximum atomic E-state index is 13.4. The van der Waals surface area contributed by atoms with E-state index in [2.05, 4.69) is 32.7 Å². The summed E-state index contributed by atoms with van der Waals surface area (Å²) in [5.41, 5.74) is 0.336. The fourth-order valence-corrected chi connectivity index (χ4v) is 5.48. The number of nitrogens with zero attached hydrogens (tertiary/aromatic N) is 3. The molecule has 2 aromatic heterocycles. The minimum Gasteiger partial charge on any atom is -0.475 e. The van der Waals surface area contributed by atoms with Crippen LogP contribution in [0.2, 0.25) is 0 Å². The Morgan fingerprint density at radius 3 is 2.74 bits per heavy atom. The van der Waals surface area contributed by atoms with Crippen molar-refractivity contribution >= 4 is 23.2 Å². The molecule has 2 aromatic rings. The third-order valence-corrected chi connectivity index (χ3v) is 7.48. The second-order valence-corrected chi connectivity index (χ2v) is 10.2. The normalized spacial score (nSPS) is 23.2. The van der Waals surface area contributed by atoms with Crippen LogP contribution in [0.3, 0.4) is 0 Å². The molecule has 0 aliphatic carbocycles. The van der Waals surface area contributed by atoms with Crippen molar-refractivity contribution in [1.29, 1.82) is 0 Å². The van der Waals surface area contributed by atoms with Gasteiger partial charge in [0.15, 0.2) is 0 Å². The number of hydrogen-bond acceptors (Lipinski definition) is 7. The average molecular weight is 501 g/mol. The summed E-state index contributed by atoms with van der Waals surface area (Å²) in [5, 5.41) is 5.07. The van der Waals surface area contributed by atoms with Gasteiger partial charge < -0.3 is 19.7 Å². The number of piperidine rings is 1. The zero-order valence-corrected chi connectivity index (χ0v) is 21.3. The van der Waals surface area contributed by atoms with Gasteiger partial charge in [0.05, 0.1) is 13.2 Å². The van der Waals surface area contributed by atoms with Gasteiger partial charge in [0.2, 0.25) is 11.8 Å². The molecule has 2 amide bonds. The number of rotatable bonds is 4. The van der Waals surface area contributed by atoms with E-state index in [9.17, 15) is 9.59 Å². The molecule has 35 heavy (non-hydrogen) atoms. The number of carbonyl (C=O) groups is 2. The number of aromatic nitrogens is 1. The number of ether oxygens (including phenoxy) is 2. The van der Waals surface area contributed by atoms with Gasteiger partial charge in [-0.3, -0.25) is 14.5 Å². The van der Waals surface area contributed by atoms with Crippen LogP contribution >= 0.6 is 11.3 Å². The minimum absolute atomic E-state index is 0.00923. The maximum absolute atomic E-state index is 13.4. The molecule has 0 unspecified atom stereocenters. The number of hydrogen-bond donors (Lipinski definition) is 1. The molecule has 1 atom stereocenters. The fourth-order valence-electron chi connectivity index (χ4n) is 4.73. The van der Waals surface area contributed by atoms with Crippen LogP contribution in [-0.2, 0) is 16.1 Å². The molecule has 5 heterocycles. The lowest BCUT2D eigenvalue weighted by atomic mass is 9.95. The minimum atomic E-state index is -0.547. The van der Waals surface area contributed by atoms with Gasteiger partial charge in [0.25, 0.3) is 5.91 Å². The lowest BCUT2D eigenvalue weighted by molar-refractivity contribution is -0.135. The van der Waals surface area contributed by atoms with Gasteiger partial charge in [-0.1, -0.05) is 19.4 Å². The lowest BCUT2D eigenvalue weighted by Crippen LogP contribution is -2.51. The summed E-state index contributed by atoms with van der Waals surface area (Å²) in [6, 6.07) is 7.11. The molecule has 0 spiro atoms. The highest BCUT2D eigenvalue weighted by molar-refractivity contribution is 7.09. The van der Waals surface area contributed by atoms with Gasteiger partial charge in [0, 0.05) is 43.8 Å². The van der Waals surface area contributed by atoms with Crippen molar-refractivity contribution in [3.05, 3.63) is 46.3 Å². The molecule has 0 aromatic carbocycles. The SMILES string of the molecule is CCC[C@H]1NC(=O)c2cccnc2OCCOCCN(Cc2cccs2)CC2CCN(CC2)C1=O. The standard InChI is InChI=1S/C26H36N4O4S/c1-2-5-23-26(32)30-11-8-20(9-12-30)18-29(19-21-6-4-17-35-21)13-14-33-15-16-34-25-22(24(31)28-23)7-3-10-27-25/h3-4,6-7,10,17,20,23H,2,5,8-9,11-16,18-19H2,1H3,(H,28,31)/t23-/m1/s1. The van der Waals surface area contributed by atoms with E-state index in [0.717, 1.165) is 52.0 Å². The second-order valence-electron chi connectivity index (χ2n) is 9.21. The first-order valence-electron chi connectivity index (χ1n) is 12.6. The third-order valence-electron chi connectivity index (χ3n) is 6.62. The van der Waals surface area contributed by atoms with Crippen molar-refractivity contribution in [1.82, 2.24) is 20.1 Å². The summed E-state index contributed by atoms with van der Waals surface area (Å²) < 4.78 is 11.7. The van der Waals surface area contributed by atoms with Crippen molar-refractivity contribution in [2.24, 2.45) is 5.92 Å². The molecule has 1 saturated heterocycles. The zero-order chi connectivity index (χ0) is 24.5. The molecule has 2 bridgehead atoms. The van der Waals surface area contributed by atoms with E-state index in [1.807, 2.05) is 11.8 Å². The molecule has 1 N–H and O–H groups in total. The Hall–Kier alpha value is -2.49. The van der Waals surface area contributed by atoms with Crippen LogP contribution < -0.4 is 10.1 Å². The van der Waals surface area contributed by atoms with E-state index in [0.29, 0.717) is 37.7 Å². The van der Waals surface area contributed by atoms with E-state index in [1.165, 1.54) is 4.88 Å². The van der Waals surface area contributed by atoms with Gasteiger partial charge in [-0.2, -0.15) is 0 Å². The summed E-state index contributed by atoms with van der Waals surface area (Å²) in [6.07, 6.45) is 4.95. The predicted molar refractivity (Wildman–Crippen MR) is 136 cm³/mol. The zero-order valence-electron chi connectivity index (χ0n) is 20.5. The van der Waals surface area contributed by atoms with Gasteiger partial charge >= 0.3 is 0 Å². The molecule has 0 saturated carbocycles. The molecule has 3 aliphatic heterocycles. The summed E-state index contributed by atoms with van der Waals surface area (Å²) >= 11 is 1.78. The molecule has 5 rings (SSSR count). The predicted octanol–water partition coefficient (Wildman–Crippen LogP) is 3.19. The number of amides is 2. The summed E-state index contributed by atoms with van der Waals surface area (Å²) in [5.74, 6) is 0.479. The molecule has 1 fully saturated rings. The summed E-state index contributed by atoms with van der Waals surface area (Å²) in [7, 11) is 0. The van der Waals surface area contributed by atoms with Crippen LogP contribution in [0.1, 0.15) is 47.8 Å². The Morgan fingerprint density at radius 1 is 1.11 bits per heavy atom. The van der Waals surface area contributed by atoms with Crippen molar-refractivity contribution in [2.75, 3.05) is 46.0 Å². The van der Waals surface area contributed by atoms with Gasteiger partial charge in [-0.25, -0.2) is 4.98 Å². The first-order chi connectivity index (χ1) is 17.1. The van der Waals surface area contributed by atoms with Crippen LogP contribution in [0.25, 0.3) is 0 Å². The highest BCUT2D eigenvalue weighted by atomic mass is 32.1. The molecule has 0 radical (unpaired) electrons. The highest BCUT2D eigenvalue weighted by Gasteiger charge is 2.30. The molecule has 3 aliphatic rings. The molecule has 9 heteroatoms. The number of nitrogens with one attached hydrogen (secondary N) is 1. The average Bonchev–Trinajstić information content (AvgIpc) is 3.38. The van der Waals surface area contributed by atoms with Gasteiger partial charge in [-0.15, -0.1) is 11.3 Å². The van der Waals surface area contributed by atoms with Gasteiger partial charge in [-0.05, 0) is 48.8 Å².